The van der Waals surface area contributed by atoms with Gasteiger partial charge in [0.05, 0.1) is 18.0 Å². The monoisotopic (exact) mass is 307 g/mol. The summed E-state index contributed by atoms with van der Waals surface area (Å²) >= 11 is 1.38. The SMILES string of the molecule is O=c1n(CCn2cc([N+](=O)[O-])cn2)nnn1-c1cccs1. The summed E-state index contributed by atoms with van der Waals surface area (Å²) in [4.78, 5) is 22.1. The Bertz CT molecular complexity index is 816. The summed E-state index contributed by atoms with van der Waals surface area (Å²) in [6.45, 7) is 0.514. The normalized spacial score (nSPS) is 10.9. The van der Waals surface area contributed by atoms with Crippen LogP contribution in [0.2, 0.25) is 0 Å². The van der Waals surface area contributed by atoms with Crippen molar-refractivity contribution in [1.82, 2.24) is 29.6 Å². The molecule has 0 unspecified atom stereocenters. The van der Waals surface area contributed by atoms with E-state index in [2.05, 4.69) is 15.5 Å². The van der Waals surface area contributed by atoms with E-state index >= 15 is 0 Å². The number of tetrazole rings is 1. The number of thiophene rings is 1. The van der Waals surface area contributed by atoms with Crippen molar-refractivity contribution in [3.05, 3.63) is 50.5 Å². The van der Waals surface area contributed by atoms with Gasteiger partial charge in [0.15, 0.2) is 0 Å². The maximum absolute atomic E-state index is 12.1. The Labute approximate surface area is 121 Å². The van der Waals surface area contributed by atoms with E-state index in [0.717, 1.165) is 6.20 Å². The molecule has 0 aliphatic carbocycles. The van der Waals surface area contributed by atoms with Crippen LogP contribution in [0.4, 0.5) is 5.69 Å². The van der Waals surface area contributed by atoms with E-state index in [4.69, 9.17) is 0 Å². The smallest absolute Gasteiger partial charge is 0.264 e. The topological polar surface area (TPSA) is 114 Å². The Hall–Kier alpha value is -2.82. The van der Waals surface area contributed by atoms with E-state index in [0.29, 0.717) is 5.00 Å². The molecule has 3 heterocycles. The fourth-order valence-electron chi connectivity index (χ4n) is 1.71. The third kappa shape index (κ3) is 2.58. The fourth-order valence-corrected chi connectivity index (χ4v) is 2.38. The van der Waals surface area contributed by atoms with Gasteiger partial charge in [0, 0.05) is 0 Å². The lowest BCUT2D eigenvalue weighted by atomic mass is 10.6. The highest BCUT2D eigenvalue weighted by Crippen LogP contribution is 2.10. The molecule has 0 spiro atoms. The Morgan fingerprint density at radius 3 is 2.86 bits per heavy atom. The lowest BCUT2D eigenvalue weighted by Crippen LogP contribution is -2.25. The second-order valence-corrected chi connectivity index (χ2v) is 4.99. The lowest BCUT2D eigenvalue weighted by molar-refractivity contribution is -0.385. The predicted molar refractivity (Wildman–Crippen MR) is 72.4 cm³/mol. The van der Waals surface area contributed by atoms with Crippen molar-refractivity contribution in [3.63, 3.8) is 0 Å². The van der Waals surface area contributed by atoms with Crippen molar-refractivity contribution >= 4 is 17.0 Å². The maximum atomic E-state index is 12.1. The third-order valence-electron chi connectivity index (χ3n) is 2.73. The number of aryl methyl sites for hydroxylation is 2. The van der Waals surface area contributed by atoms with Gasteiger partial charge in [0.1, 0.15) is 17.4 Å². The molecule has 21 heavy (non-hydrogen) atoms. The van der Waals surface area contributed by atoms with Gasteiger partial charge in [-0.15, -0.1) is 11.3 Å². The molecule has 0 aliphatic rings. The first-order valence-corrected chi connectivity index (χ1v) is 6.76. The Kier molecular flexibility index (Phi) is 3.31. The van der Waals surface area contributed by atoms with Gasteiger partial charge in [0.25, 0.3) is 0 Å². The Morgan fingerprint density at radius 1 is 1.33 bits per heavy atom. The lowest BCUT2D eigenvalue weighted by Gasteiger charge is -1.98. The van der Waals surface area contributed by atoms with E-state index in [1.165, 1.54) is 31.6 Å². The molecule has 3 aromatic rings. The number of aromatic nitrogens is 6. The summed E-state index contributed by atoms with van der Waals surface area (Å²) in [6.07, 6.45) is 2.46. The molecular weight excluding hydrogens is 298 g/mol. The van der Waals surface area contributed by atoms with Crippen LogP contribution in [0.3, 0.4) is 0 Å². The summed E-state index contributed by atoms with van der Waals surface area (Å²) < 4.78 is 3.78. The molecule has 0 aromatic carbocycles. The molecule has 0 atom stereocenters. The van der Waals surface area contributed by atoms with Crippen molar-refractivity contribution in [2.24, 2.45) is 0 Å². The third-order valence-corrected chi connectivity index (χ3v) is 3.57. The average Bonchev–Trinajstić information content (AvgIpc) is 3.17. The number of rotatable bonds is 5. The molecule has 3 rings (SSSR count). The molecule has 0 N–H and O–H groups in total. The molecule has 0 radical (unpaired) electrons. The minimum atomic E-state index is -0.525. The van der Waals surface area contributed by atoms with Gasteiger partial charge in [-0.05, 0) is 27.9 Å². The summed E-state index contributed by atoms with van der Waals surface area (Å²) in [7, 11) is 0. The van der Waals surface area contributed by atoms with Crippen LogP contribution in [0.25, 0.3) is 5.00 Å². The van der Waals surface area contributed by atoms with Gasteiger partial charge in [-0.1, -0.05) is 0 Å². The van der Waals surface area contributed by atoms with Crippen molar-refractivity contribution in [3.8, 4) is 5.00 Å². The largest absolute Gasteiger partial charge is 0.369 e. The summed E-state index contributed by atoms with van der Waals surface area (Å²) in [5.41, 5.74) is -0.455. The zero-order valence-corrected chi connectivity index (χ0v) is 11.4. The van der Waals surface area contributed by atoms with Gasteiger partial charge < -0.3 is 0 Å². The van der Waals surface area contributed by atoms with Gasteiger partial charge in [-0.25, -0.2) is 4.79 Å². The maximum Gasteiger partial charge on any atom is 0.369 e. The van der Waals surface area contributed by atoms with Crippen LogP contribution >= 0.6 is 11.3 Å². The Balaban J connectivity index is 1.74. The number of hydrogen-bond acceptors (Lipinski definition) is 7. The van der Waals surface area contributed by atoms with E-state index in [1.807, 2.05) is 11.4 Å². The molecule has 108 valence electrons. The molecule has 0 saturated carbocycles. The van der Waals surface area contributed by atoms with Crippen molar-refractivity contribution < 1.29 is 4.92 Å². The summed E-state index contributed by atoms with van der Waals surface area (Å²) in [5.74, 6) is 0. The standard InChI is InChI=1S/C10H9N7O3S/c18-10-15(12-13-16(10)9-2-1-5-21-9)4-3-14-7-8(6-11-14)17(19)20/h1-2,5-7H,3-4H2. The van der Waals surface area contributed by atoms with Crippen LogP contribution in [0, 0.1) is 10.1 Å². The predicted octanol–water partition coefficient (Wildman–Crippen LogP) is 0.295. The van der Waals surface area contributed by atoms with Crippen LogP contribution in [0.1, 0.15) is 0 Å². The molecule has 10 nitrogen and oxygen atoms in total. The molecule has 0 amide bonds. The zero-order valence-electron chi connectivity index (χ0n) is 10.6. The highest BCUT2D eigenvalue weighted by molar-refractivity contribution is 7.12. The molecule has 3 aromatic heterocycles. The van der Waals surface area contributed by atoms with E-state index < -0.39 is 4.92 Å². The minimum Gasteiger partial charge on any atom is -0.264 e. The second kappa shape index (κ2) is 5.28. The first-order valence-electron chi connectivity index (χ1n) is 5.89. The van der Waals surface area contributed by atoms with Gasteiger partial charge in [-0.3, -0.25) is 14.8 Å². The Morgan fingerprint density at radius 2 is 2.19 bits per heavy atom. The molecule has 0 aliphatic heterocycles. The van der Waals surface area contributed by atoms with Gasteiger partial charge >= 0.3 is 11.4 Å². The van der Waals surface area contributed by atoms with Gasteiger partial charge in [-0.2, -0.15) is 14.5 Å². The number of nitro groups is 1. The minimum absolute atomic E-state index is 0.0930. The average molecular weight is 307 g/mol. The summed E-state index contributed by atoms with van der Waals surface area (Å²) in [6, 6.07) is 3.58. The number of nitrogens with zero attached hydrogens (tertiary/aromatic N) is 7. The van der Waals surface area contributed by atoms with Crippen LogP contribution < -0.4 is 5.69 Å². The van der Waals surface area contributed by atoms with Crippen LogP contribution in [-0.4, -0.2) is 34.5 Å². The van der Waals surface area contributed by atoms with Gasteiger partial charge in [0.2, 0.25) is 0 Å². The van der Waals surface area contributed by atoms with E-state index in [9.17, 15) is 14.9 Å². The second-order valence-electron chi connectivity index (χ2n) is 4.07. The highest BCUT2D eigenvalue weighted by Gasteiger charge is 2.11. The van der Waals surface area contributed by atoms with Crippen molar-refractivity contribution in [2.45, 2.75) is 13.1 Å². The molecule has 0 fully saturated rings. The fraction of sp³-hybridized carbons (Fsp3) is 0.200. The molecular formula is C10H9N7O3S. The first-order chi connectivity index (χ1) is 10.1. The molecule has 0 bridgehead atoms. The van der Waals surface area contributed by atoms with Crippen LogP contribution in [0.15, 0.2) is 34.7 Å². The van der Waals surface area contributed by atoms with E-state index in [1.54, 1.807) is 6.07 Å². The van der Waals surface area contributed by atoms with Crippen molar-refractivity contribution in [1.29, 1.82) is 0 Å². The zero-order chi connectivity index (χ0) is 14.8. The first kappa shape index (κ1) is 13.2. The van der Waals surface area contributed by atoms with E-state index in [-0.39, 0.29) is 24.5 Å². The number of hydrogen-bond donors (Lipinski definition) is 0. The molecule has 11 heteroatoms. The van der Waals surface area contributed by atoms with Crippen molar-refractivity contribution in [2.75, 3.05) is 0 Å². The highest BCUT2D eigenvalue weighted by atomic mass is 32.1. The quantitative estimate of drug-likeness (QED) is 0.494. The summed E-state index contributed by atoms with van der Waals surface area (Å²) in [5, 5.41) is 24.5. The van der Waals surface area contributed by atoms with Crippen LogP contribution in [0.5, 0.6) is 0 Å². The van der Waals surface area contributed by atoms with Crippen LogP contribution in [-0.2, 0) is 13.1 Å². The molecule has 0 saturated heterocycles.